The molecule has 1 aromatic carbocycles. The van der Waals surface area contributed by atoms with Gasteiger partial charge in [-0.1, -0.05) is 13.0 Å². The van der Waals surface area contributed by atoms with Crippen LogP contribution in [0.2, 0.25) is 0 Å². The van der Waals surface area contributed by atoms with Gasteiger partial charge in [-0.3, -0.25) is 9.59 Å². The standard InChI is InChI=1S/C26H28FN5O4/c1-16-12-32(17(2)14-33)26(35)22-8-19(20-9-28-15-29-10-20)11-30-24(22)36-23(16)13-31(3)25(34)18-5-4-6-21(27)7-18/h4-11,15-17,23,33H,12-14H2,1-3H3/t16-,17-,23+/m1/s1. The van der Waals surface area contributed by atoms with E-state index in [2.05, 4.69) is 15.0 Å². The van der Waals surface area contributed by atoms with Crippen LogP contribution in [0, 0.1) is 11.7 Å². The lowest BCUT2D eigenvalue weighted by molar-refractivity contribution is 0.0313. The zero-order chi connectivity index (χ0) is 25.8. The average Bonchev–Trinajstić information content (AvgIpc) is 2.90. The maximum Gasteiger partial charge on any atom is 0.259 e. The van der Waals surface area contributed by atoms with Crippen LogP contribution in [0.15, 0.2) is 55.2 Å². The molecule has 10 heteroatoms. The van der Waals surface area contributed by atoms with Gasteiger partial charge < -0.3 is 19.6 Å². The van der Waals surface area contributed by atoms with Crippen molar-refractivity contribution >= 4 is 11.8 Å². The lowest BCUT2D eigenvalue weighted by Gasteiger charge is -2.37. The van der Waals surface area contributed by atoms with Crippen molar-refractivity contribution in [1.82, 2.24) is 24.8 Å². The minimum atomic E-state index is -0.522. The second kappa shape index (κ2) is 10.8. The Hall–Kier alpha value is -3.92. The van der Waals surface area contributed by atoms with Crippen LogP contribution in [0.5, 0.6) is 5.88 Å². The number of hydrogen-bond donors (Lipinski definition) is 1. The number of carbonyl (C=O) groups is 2. The predicted octanol–water partition coefficient (Wildman–Crippen LogP) is 2.67. The van der Waals surface area contributed by atoms with E-state index >= 15 is 0 Å². The minimum absolute atomic E-state index is 0.138. The number of carbonyl (C=O) groups excluding carboxylic acids is 2. The summed E-state index contributed by atoms with van der Waals surface area (Å²) in [6.07, 6.45) is 5.71. The van der Waals surface area contributed by atoms with Crippen LogP contribution in [-0.2, 0) is 0 Å². The van der Waals surface area contributed by atoms with Gasteiger partial charge in [-0.15, -0.1) is 0 Å². The molecule has 9 nitrogen and oxygen atoms in total. The zero-order valence-electron chi connectivity index (χ0n) is 20.3. The number of halogens is 1. The lowest BCUT2D eigenvalue weighted by atomic mass is 9.99. The second-order valence-corrected chi connectivity index (χ2v) is 9.02. The fourth-order valence-electron chi connectivity index (χ4n) is 4.12. The van der Waals surface area contributed by atoms with Gasteiger partial charge in [0, 0.05) is 54.8 Å². The number of hydrogen-bond acceptors (Lipinski definition) is 7. The molecule has 0 saturated heterocycles. The predicted molar refractivity (Wildman–Crippen MR) is 130 cm³/mol. The SMILES string of the molecule is C[C@@H]1CN([C@H](C)CO)C(=O)c2cc(-c3cncnc3)cnc2O[C@H]1CN(C)C(=O)c1cccc(F)c1. The van der Waals surface area contributed by atoms with Crippen molar-refractivity contribution in [3.63, 3.8) is 0 Å². The molecule has 3 heterocycles. The number of benzene rings is 1. The van der Waals surface area contributed by atoms with Crippen molar-refractivity contribution in [1.29, 1.82) is 0 Å². The number of ether oxygens (including phenoxy) is 1. The Morgan fingerprint density at radius 3 is 2.69 bits per heavy atom. The van der Waals surface area contributed by atoms with Gasteiger partial charge in [0.2, 0.25) is 5.88 Å². The molecule has 0 aliphatic carbocycles. The Balaban J connectivity index is 1.67. The van der Waals surface area contributed by atoms with E-state index in [0.717, 1.165) is 0 Å². The van der Waals surface area contributed by atoms with E-state index in [-0.39, 0.29) is 47.9 Å². The molecule has 2 amide bonds. The molecule has 0 fully saturated rings. The van der Waals surface area contributed by atoms with Crippen molar-refractivity contribution in [2.75, 3.05) is 26.7 Å². The molecular formula is C26H28FN5O4. The van der Waals surface area contributed by atoms with E-state index in [1.165, 1.54) is 29.4 Å². The molecule has 1 aliphatic rings. The van der Waals surface area contributed by atoms with Crippen LogP contribution in [0.3, 0.4) is 0 Å². The van der Waals surface area contributed by atoms with E-state index in [4.69, 9.17) is 4.74 Å². The van der Waals surface area contributed by atoms with E-state index in [1.807, 2.05) is 6.92 Å². The summed E-state index contributed by atoms with van der Waals surface area (Å²) in [7, 11) is 1.62. The molecule has 188 valence electrons. The Labute approximate surface area is 208 Å². The molecule has 0 radical (unpaired) electrons. The summed E-state index contributed by atoms with van der Waals surface area (Å²) in [5.41, 5.74) is 1.81. The molecule has 1 aliphatic heterocycles. The summed E-state index contributed by atoms with van der Waals surface area (Å²) < 4.78 is 19.9. The molecule has 36 heavy (non-hydrogen) atoms. The first-order valence-corrected chi connectivity index (χ1v) is 11.6. The highest BCUT2D eigenvalue weighted by molar-refractivity contribution is 5.98. The lowest BCUT2D eigenvalue weighted by Crippen LogP contribution is -2.50. The summed E-state index contributed by atoms with van der Waals surface area (Å²) in [5.74, 6) is -1.22. The Morgan fingerprint density at radius 2 is 2.00 bits per heavy atom. The Kier molecular flexibility index (Phi) is 7.54. The fraction of sp³-hybridized carbons (Fsp3) is 0.346. The van der Waals surface area contributed by atoms with E-state index in [1.54, 1.807) is 49.6 Å². The fourth-order valence-corrected chi connectivity index (χ4v) is 4.12. The molecule has 0 saturated carbocycles. The number of rotatable bonds is 6. The first kappa shape index (κ1) is 25.2. The number of fused-ring (bicyclic) bond motifs is 1. The summed E-state index contributed by atoms with van der Waals surface area (Å²) in [4.78, 5) is 42.0. The summed E-state index contributed by atoms with van der Waals surface area (Å²) in [6, 6.07) is 6.75. The highest BCUT2D eigenvalue weighted by Crippen LogP contribution is 2.30. The van der Waals surface area contributed by atoms with Gasteiger partial charge in [0.15, 0.2) is 0 Å². The quantitative estimate of drug-likeness (QED) is 0.562. The van der Waals surface area contributed by atoms with Crippen molar-refractivity contribution in [2.24, 2.45) is 5.92 Å². The van der Waals surface area contributed by atoms with Gasteiger partial charge in [-0.05, 0) is 31.2 Å². The number of pyridine rings is 1. The number of aliphatic hydroxyl groups is 1. The Bertz CT molecular complexity index is 1240. The highest BCUT2D eigenvalue weighted by Gasteiger charge is 2.35. The van der Waals surface area contributed by atoms with Gasteiger partial charge in [-0.25, -0.2) is 19.3 Å². The maximum atomic E-state index is 13.7. The van der Waals surface area contributed by atoms with Gasteiger partial charge in [0.25, 0.3) is 11.8 Å². The number of aliphatic hydroxyl groups excluding tert-OH is 1. The first-order chi connectivity index (χ1) is 17.3. The minimum Gasteiger partial charge on any atom is -0.472 e. The third-order valence-corrected chi connectivity index (χ3v) is 6.29. The highest BCUT2D eigenvalue weighted by atomic mass is 19.1. The summed E-state index contributed by atoms with van der Waals surface area (Å²) >= 11 is 0. The largest absolute Gasteiger partial charge is 0.472 e. The van der Waals surface area contributed by atoms with Crippen LogP contribution in [0.4, 0.5) is 4.39 Å². The smallest absolute Gasteiger partial charge is 0.259 e. The monoisotopic (exact) mass is 493 g/mol. The Morgan fingerprint density at radius 1 is 1.25 bits per heavy atom. The molecule has 1 N–H and O–H groups in total. The van der Waals surface area contributed by atoms with E-state index < -0.39 is 18.0 Å². The van der Waals surface area contributed by atoms with Gasteiger partial charge in [0.05, 0.1) is 19.2 Å². The third-order valence-electron chi connectivity index (χ3n) is 6.29. The molecule has 0 bridgehead atoms. The number of nitrogens with zero attached hydrogens (tertiary/aromatic N) is 5. The van der Waals surface area contributed by atoms with Crippen molar-refractivity contribution in [2.45, 2.75) is 26.0 Å². The number of likely N-dealkylation sites (N-methyl/N-ethyl adjacent to an activating group) is 1. The average molecular weight is 494 g/mol. The van der Waals surface area contributed by atoms with Crippen LogP contribution < -0.4 is 4.74 Å². The van der Waals surface area contributed by atoms with Crippen molar-refractivity contribution < 1.29 is 23.8 Å². The van der Waals surface area contributed by atoms with Crippen molar-refractivity contribution in [3.05, 3.63) is 72.2 Å². The van der Waals surface area contributed by atoms with E-state index in [9.17, 15) is 19.1 Å². The van der Waals surface area contributed by atoms with Crippen LogP contribution >= 0.6 is 0 Å². The maximum absolute atomic E-state index is 13.7. The molecule has 0 spiro atoms. The van der Waals surface area contributed by atoms with Gasteiger partial charge in [-0.2, -0.15) is 0 Å². The third kappa shape index (κ3) is 5.33. The number of amides is 2. The van der Waals surface area contributed by atoms with Crippen LogP contribution in [0.25, 0.3) is 11.1 Å². The second-order valence-electron chi connectivity index (χ2n) is 9.02. The molecule has 3 atom stereocenters. The summed E-state index contributed by atoms with van der Waals surface area (Å²) in [5, 5.41) is 9.83. The molecule has 3 aromatic rings. The molecular weight excluding hydrogens is 465 g/mol. The zero-order valence-corrected chi connectivity index (χ0v) is 20.3. The van der Waals surface area contributed by atoms with Crippen LogP contribution in [0.1, 0.15) is 34.6 Å². The molecule has 2 aromatic heterocycles. The van der Waals surface area contributed by atoms with Crippen molar-refractivity contribution in [3.8, 4) is 17.0 Å². The first-order valence-electron chi connectivity index (χ1n) is 11.6. The normalized spacial score (nSPS) is 18.5. The van der Waals surface area contributed by atoms with E-state index in [0.29, 0.717) is 17.7 Å². The van der Waals surface area contributed by atoms with Gasteiger partial charge in [0.1, 0.15) is 23.8 Å². The topological polar surface area (TPSA) is 109 Å². The summed E-state index contributed by atoms with van der Waals surface area (Å²) in [6.45, 7) is 3.95. The van der Waals surface area contributed by atoms with Crippen LogP contribution in [-0.4, -0.2) is 80.6 Å². The molecule has 4 rings (SSSR count). The number of aromatic nitrogens is 3. The van der Waals surface area contributed by atoms with Gasteiger partial charge >= 0.3 is 0 Å². The molecule has 0 unspecified atom stereocenters.